The maximum Gasteiger partial charge on any atom is 0.262 e. The van der Waals surface area contributed by atoms with E-state index in [9.17, 15) is 9.59 Å². The van der Waals surface area contributed by atoms with Crippen molar-refractivity contribution >= 4 is 12.2 Å². The molecule has 0 saturated carbocycles. The van der Waals surface area contributed by atoms with Crippen LogP contribution in [0.5, 0.6) is 0 Å². The number of rotatable bonds is 2. The molecule has 1 aliphatic rings. The van der Waals surface area contributed by atoms with Gasteiger partial charge in [-0.25, -0.2) is 0 Å². The van der Waals surface area contributed by atoms with Gasteiger partial charge in [0.15, 0.2) is 0 Å². The molecule has 0 bridgehead atoms. The van der Waals surface area contributed by atoms with Gasteiger partial charge in [0.2, 0.25) is 0 Å². The Hall–Kier alpha value is -2.16. The SMILES string of the molecule is O=CC1Cc2ccn(C(=O)c3ccccc3)c2C1. The van der Waals surface area contributed by atoms with Crippen LogP contribution in [0.3, 0.4) is 0 Å². The maximum atomic E-state index is 12.3. The number of carbonyl (C=O) groups is 2. The van der Waals surface area contributed by atoms with Crippen LogP contribution in [-0.2, 0) is 17.6 Å². The van der Waals surface area contributed by atoms with E-state index < -0.39 is 0 Å². The molecule has 0 aliphatic heterocycles. The number of carbonyl (C=O) groups excluding carboxylic acids is 2. The van der Waals surface area contributed by atoms with Gasteiger partial charge in [-0.15, -0.1) is 0 Å². The molecule has 18 heavy (non-hydrogen) atoms. The van der Waals surface area contributed by atoms with E-state index in [-0.39, 0.29) is 11.8 Å². The Balaban J connectivity index is 1.96. The van der Waals surface area contributed by atoms with Crippen LogP contribution in [0.1, 0.15) is 21.6 Å². The zero-order chi connectivity index (χ0) is 12.5. The number of benzene rings is 1. The molecule has 3 heteroatoms. The first-order chi connectivity index (χ1) is 8.79. The Morgan fingerprint density at radius 2 is 1.94 bits per heavy atom. The molecule has 90 valence electrons. The number of aromatic nitrogens is 1. The quantitative estimate of drug-likeness (QED) is 0.753. The first-order valence-electron chi connectivity index (χ1n) is 6.03. The smallest absolute Gasteiger partial charge is 0.262 e. The number of fused-ring (bicyclic) bond motifs is 1. The summed E-state index contributed by atoms with van der Waals surface area (Å²) in [5.41, 5.74) is 2.78. The standard InChI is InChI=1S/C15H13NO2/c17-10-11-8-13-6-7-16(14(13)9-11)15(18)12-4-2-1-3-5-12/h1-7,10-11H,8-9H2. The van der Waals surface area contributed by atoms with Crippen molar-refractivity contribution in [3.63, 3.8) is 0 Å². The fourth-order valence-corrected chi connectivity index (χ4v) is 2.53. The van der Waals surface area contributed by atoms with E-state index in [0.29, 0.717) is 12.0 Å². The van der Waals surface area contributed by atoms with Crippen LogP contribution < -0.4 is 0 Å². The minimum atomic E-state index is -0.0246. The topological polar surface area (TPSA) is 39.1 Å². The number of nitrogens with zero attached hydrogens (tertiary/aromatic N) is 1. The molecule has 3 rings (SSSR count). The summed E-state index contributed by atoms with van der Waals surface area (Å²) in [5.74, 6) is 0.00872. The fourth-order valence-electron chi connectivity index (χ4n) is 2.53. The molecule has 0 spiro atoms. The van der Waals surface area contributed by atoms with E-state index in [0.717, 1.165) is 24.0 Å². The molecular weight excluding hydrogens is 226 g/mol. The molecule has 1 heterocycles. The second-order valence-electron chi connectivity index (χ2n) is 4.63. The third-order valence-electron chi connectivity index (χ3n) is 3.46. The van der Waals surface area contributed by atoms with Crippen LogP contribution in [-0.4, -0.2) is 16.8 Å². The molecule has 1 aliphatic carbocycles. The Morgan fingerprint density at radius 1 is 1.17 bits per heavy atom. The van der Waals surface area contributed by atoms with Gasteiger partial charge >= 0.3 is 0 Å². The van der Waals surface area contributed by atoms with Crippen LogP contribution in [0.15, 0.2) is 42.6 Å². The van der Waals surface area contributed by atoms with E-state index >= 15 is 0 Å². The van der Waals surface area contributed by atoms with Crippen LogP contribution in [0.25, 0.3) is 0 Å². The fraction of sp³-hybridized carbons (Fsp3) is 0.200. The summed E-state index contributed by atoms with van der Waals surface area (Å²) in [6, 6.07) is 11.1. The zero-order valence-electron chi connectivity index (χ0n) is 9.87. The molecule has 0 N–H and O–H groups in total. The largest absolute Gasteiger partial charge is 0.303 e. The van der Waals surface area contributed by atoms with E-state index in [1.807, 2.05) is 24.3 Å². The van der Waals surface area contributed by atoms with E-state index in [2.05, 4.69) is 0 Å². The summed E-state index contributed by atoms with van der Waals surface area (Å²) in [4.78, 5) is 23.2. The van der Waals surface area contributed by atoms with Gasteiger partial charge in [-0.1, -0.05) is 18.2 Å². The summed E-state index contributed by atoms with van der Waals surface area (Å²) in [5, 5.41) is 0. The predicted octanol–water partition coefficient (Wildman–Crippen LogP) is 2.09. The van der Waals surface area contributed by atoms with Crippen LogP contribution in [0, 0.1) is 5.92 Å². The normalized spacial score (nSPS) is 17.4. The van der Waals surface area contributed by atoms with E-state index in [1.54, 1.807) is 22.9 Å². The first kappa shape index (κ1) is 11.0. The lowest BCUT2D eigenvalue weighted by molar-refractivity contribution is -0.110. The van der Waals surface area contributed by atoms with Gasteiger partial charge in [0, 0.05) is 23.4 Å². The van der Waals surface area contributed by atoms with Crippen molar-refractivity contribution in [2.45, 2.75) is 12.8 Å². The van der Waals surface area contributed by atoms with E-state index in [1.165, 1.54) is 0 Å². The molecule has 1 atom stereocenters. The van der Waals surface area contributed by atoms with Crippen LogP contribution >= 0.6 is 0 Å². The number of hydrogen-bond donors (Lipinski definition) is 0. The third-order valence-corrected chi connectivity index (χ3v) is 3.46. The summed E-state index contributed by atoms with van der Waals surface area (Å²) in [6.07, 6.45) is 4.22. The zero-order valence-corrected chi connectivity index (χ0v) is 9.87. The number of hydrogen-bond acceptors (Lipinski definition) is 2. The van der Waals surface area contributed by atoms with Crippen molar-refractivity contribution in [1.29, 1.82) is 0 Å². The first-order valence-corrected chi connectivity index (χ1v) is 6.03. The molecule has 2 aromatic rings. The van der Waals surface area contributed by atoms with Crippen molar-refractivity contribution in [3.05, 3.63) is 59.4 Å². The Morgan fingerprint density at radius 3 is 2.67 bits per heavy atom. The van der Waals surface area contributed by atoms with Crippen molar-refractivity contribution in [2.24, 2.45) is 5.92 Å². The van der Waals surface area contributed by atoms with Gasteiger partial charge in [-0.3, -0.25) is 9.36 Å². The minimum absolute atomic E-state index is 0.0246. The van der Waals surface area contributed by atoms with E-state index in [4.69, 9.17) is 0 Å². The molecule has 0 saturated heterocycles. The minimum Gasteiger partial charge on any atom is -0.303 e. The molecule has 1 aromatic heterocycles. The molecule has 3 nitrogen and oxygen atoms in total. The monoisotopic (exact) mass is 239 g/mol. The highest BCUT2D eigenvalue weighted by atomic mass is 16.2. The molecule has 0 amide bonds. The van der Waals surface area contributed by atoms with Crippen LogP contribution in [0.4, 0.5) is 0 Å². The van der Waals surface area contributed by atoms with Gasteiger partial charge in [-0.05, 0) is 36.6 Å². The van der Waals surface area contributed by atoms with Gasteiger partial charge in [-0.2, -0.15) is 0 Å². The second kappa shape index (κ2) is 4.26. The Kier molecular flexibility index (Phi) is 2.59. The Bertz CT molecular complexity index is 598. The second-order valence-corrected chi connectivity index (χ2v) is 4.63. The molecule has 1 unspecified atom stereocenters. The third kappa shape index (κ3) is 1.68. The number of aldehydes is 1. The van der Waals surface area contributed by atoms with Crippen molar-refractivity contribution in [2.75, 3.05) is 0 Å². The van der Waals surface area contributed by atoms with Crippen LogP contribution in [0.2, 0.25) is 0 Å². The average molecular weight is 239 g/mol. The molecule has 1 aromatic carbocycles. The highest BCUT2D eigenvalue weighted by Crippen LogP contribution is 2.27. The summed E-state index contributed by atoms with van der Waals surface area (Å²) in [7, 11) is 0. The van der Waals surface area contributed by atoms with Crippen molar-refractivity contribution < 1.29 is 9.59 Å². The average Bonchev–Trinajstić information content (AvgIpc) is 2.98. The summed E-state index contributed by atoms with van der Waals surface area (Å²) >= 11 is 0. The lowest BCUT2D eigenvalue weighted by atomic mass is 10.1. The molecule has 0 fully saturated rings. The summed E-state index contributed by atoms with van der Waals surface area (Å²) < 4.78 is 1.67. The van der Waals surface area contributed by atoms with Crippen molar-refractivity contribution in [3.8, 4) is 0 Å². The molecular formula is C15H13NO2. The van der Waals surface area contributed by atoms with Gasteiger partial charge in [0.1, 0.15) is 6.29 Å². The Labute approximate surface area is 105 Å². The lowest BCUT2D eigenvalue weighted by Gasteiger charge is -2.06. The summed E-state index contributed by atoms with van der Waals surface area (Å²) in [6.45, 7) is 0. The maximum absolute atomic E-state index is 12.3. The highest BCUT2D eigenvalue weighted by Gasteiger charge is 2.26. The van der Waals surface area contributed by atoms with Gasteiger partial charge < -0.3 is 4.79 Å². The van der Waals surface area contributed by atoms with Gasteiger partial charge in [0.25, 0.3) is 5.91 Å². The van der Waals surface area contributed by atoms with Gasteiger partial charge in [0.05, 0.1) is 0 Å². The van der Waals surface area contributed by atoms with Crippen molar-refractivity contribution in [1.82, 2.24) is 4.57 Å². The lowest BCUT2D eigenvalue weighted by Crippen LogP contribution is -2.14. The molecule has 0 radical (unpaired) electrons. The predicted molar refractivity (Wildman–Crippen MR) is 67.6 cm³/mol. The highest BCUT2D eigenvalue weighted by molar-refractivity contribution is 5.96.